The average molecular weight is 1120 g/mol. The molecule has 0 radical (unpaired) electrons. The van der Waals surface area contributed by atoms with Gasteiger partial charge in [0.1, 0.15) is 0 Å². The highest BCUT2D eigenvalue weighted by atomic mass is 127. The Hall–Kier alpha value is -3.60. The maximum atomic E-state index is 5.39. The summed E-state index contributed by atoms with van der Waals surface area (Å²) in [5, 5.41) is 2.03. The molecular formula is C44H26I4N4. The molecule has 9 rings (SSSR count). The molecule has 3 aliphatic heterocycles. The Morgan fingerprint density at radius 1 is 0.385 bits per heavy atom. The predicted octanol–water partition coefficient (Wildman–Crippen LogP) is 10.4. The molecular weight excluding hydrogens is 1090 g/mol. The number of hydrogen-bond donors (Lipinski definition) is 2. The highest BCUT2D eigenvalue weighted by Gasteiger charge is 2.24. The van der Waals surface area contributed by atoms with Crippen molar-refractivity contribution in [2.45, 2.75) is 0 Å². The molecule has 0 spiro atoms. The molecule has 0 saturated carbocycles. The molecule has 4 aromatic carbocycles. The number of H-pyrrole nitrogens is 2. The van der Waals surface area contributed by atoms with Crippen molar-refractivity contribution in [2.24, 2.45) is 9.98 Å². The Labute approximate surface area is 355 Å². The first-order valence-electron chi connectivity index (χ1n) is 16.6. The third-order valence-electron chi connectivity index (χ3n) is 9.30. The van der Waals surface area contributed by atoms with Crippen LogP contribution < -0.4 is 10.7 Å². The van der Waals surface area contributed by atoms with E-state index in [9.17, 15) is 0 Å². The van der Waals surface area contributed by atoms with Crippen molar-refractivity contribution in [3.8, 4) is 0 Å². The second kappa shape index (κ2) is 14.3. The minimum atomic E-state index is 0.881. The van der Waals surface area contributed by atoms with Crippen LogP contribution in [-0.2, 0) is 0 Å². The number of aliphatic imine (C=N–C) groups is 2. The van der Waals surface area contributed by atoms with Crippen molar-refractivity contribution in [1.29, 1.82) is 0 Å². The van der Waals surface area contributed by atoms with Crippen LogP contribution in [-0.4, -0.2) is 21.4 Å². The molecule has 0 fully saturated rings. The van der Waals surface area contributed by atoms with E-state index in [0.29, 0.717) is 0 Å². The zero-order valence-corrected chi connectivity index (χ0v) is 35.9. The van der Waals surface area contributed by atoms with E-state index in [1.54, 1.807) is 0 Å². The maximum absolute atomic E-state index is 5.39. The SMILES string of the molecule is Ic1ccc(C2=C3C=CC(=N3)C(c3ccc(I)cc3)=c3ccc([nH]3)=C(c3ccc(I)cc3)c3c[nH]c(c3)C(c3ccc(I)cc3)=C3C=CC2=N3)cc1. The zero-order valence-electron chi connectivity index (χ0n) is 27.3. The van der Waals surface area contributed by atoms with Crippen LogP contribution in [0.25, 0.3) is 22.3 Å². The third kappa shape index (κ3) is 6.60. The van der Waals surface area contributed by atoms with Crippen molar-refractivity contribution in [3.05, 3.63) is 216 Å². The van der Waals surface area contributed by atoms with Crippen LogP contribution in [0.15, 0.2) is 167 Å². The summed E-state index contributed by atoms with van der Waals surface area (Å²) >= 11 is 9.46. The van der Waals surface area contributed by atoms with Gasteiger partial charge in [0.15, 0.2) is 0 Å². The molecule has 0 unspecified atom stereocenters. The Morgan fingerprint density at radius 3 is 1.31 bits per heavy atom. The Kier molecular flexibility index (Phi) is 9.42. The third-order valence-corrected chi connectivity index (χ3v) is 12.2. The van der Waals surface area contributed by atoms with E-state index in [2.05, 4.69) is 246 Å². The van der Waals surface area contributed by atoms with Crippen molar-refractivity contribution >= 4 is 124 Å². The van der Waals surface area contributed by atoms with E-state index in [1.807, 2.05) is 0 Å². The monoisotopic (exact) mass is 1120 g/mol. The molecule has 2 aromatic heterocycles. The van der Waals surface area contributed by atoms with E-state index in [-0.39, 0.29) is 0 Å². The van der Waals surface area contributed by atoms with Crippen LogP contribution in [0.4, 0.5) is 0 Å². The number of aromatic amines is 2. The fraction of sp³-hybridized carbons (Fsp3) is 0. The molecule has 8 heteroatoms. The van der Waals surface area contributed by atoms with Gasteiger partial charge in [-0.05, 0) is 204 Å². The minimum Gasteiger partial charge on any atom is -0.360 e. The molecule has 6 aromatic rings. The molecule has 5 heterocycles. The number of nitrogens with zero attached hydrogens (tertiary/aromatic N) is 2. The highest BCUT2D eigenvalue weighted by molar-refractivity contribution is 14.1. The second-order valence-electron chi connectivity index (χ2n) is 12.5. The van der Waals surface area contributed by atoms with Gasteiger partial charge in [-0.1, -0.05) is 48.5 Å². The number of rotatable bonds is 4. The van der Waals surface area contributed by atoms with Crippen LogP contribution in [0.2, 0.25) is 0 Å². The first-order valence-corrected chi connectivity index (χ1v) is 20.9. The molecule has 0 atom stereocenters. The lowest BCUT2D eigenvalue weighted by atomic mass is 9.97. The normalized spacial score (nSPS) is 15.2. The molecule has 2 N–H and O–H groups in total. The van der Waals surface area contributed by atoms with Gasteiger partial charge in [0, 0.05) is 64.7 Å². The fourth-order valence-corrected chi connectivity index (χ4v) is 8.34. The summed E-state index contributed by atoms with van der Waals surface area (Å²) < 4.78 is 4.74. The molecule has 0 amide bonds. The molecule has 3 aliphatic rings. The Balaban J connectivity index is 1.40. The molecule has 0 aliphatic carbocycles. The van der Waals surface area contributed by atoms with E-state index in [0.717, 1.165) is 89.3 Å². The van der Waals surface area contributed by atoms with Gasteiger partial charge in [0.05, 0.1) is 22.8 Å². The number of hydrogen-bond acceptors (Lipinski definition) is 2. The number of halogens is 4. The summed E-state index contributed by atoms with van der Waals surface area (Å²) in [6.45, 7) is 0. The van der Waals surface area contributed by atoms with Gasteiger partial charge in [0.2, 0.25) is 0 Å². The molecule has 4 nitrogen and oxygen atoms in total. The second-order valence-corrected chi connectivity index (χ2v) is 17.5. The lowest BCUT2D eigenvalue weighted by Gasteiger charge is -2.11. The predicted molar refractivity (Wildman–Crippen MR) is 248 cm³/mol. The van der Waals surface area contributed by atoms with Crippen LogP contribution in [0.5, 0.6) is 0 Å². The summed E-state index contributed by atoms with van der Waals surface area (Å²) in [4.78, 5) is 18.3. The summed E-state index contributed by atoms with van der Waals surface area (Å²) in [6.07, 6.45) is 10.7. The van der Waals surface area contributed by atoms with Gasteiger partial charge in [-0.3, -0.25) is 0 Å². The Bertz CT molecular complexity index is 2720. The fourth-order valence-electron chi connectivity index (χ4n) is 6.90. The maximum Gasteiger partial charge on any atom is 0.0738 e. The van der Waals surface area contributed by atoms with Crippen LogP contribution in [0.3, 0.4) is 0 Å². The van der Waals surface area contributed by atoms with Gasteiger partial charge in [0.25, 0.3) is 0 Å². The first-order chi connectivity index (χ1) is 25.4. The van der Waals surface area contributed by atoms with E-state index in [1.165, 1.54) is 14.3 Å². The molecule has 8 bridgehead atoms. The minimum absolute atomic E-state index is 0.881. The van der Waals surface area contributed by atoms with Crippen molar-refractivity contribution in [3.63, 3.8) is 0 Å². The van der Waals surface area contributed by atoms with Gasteiger partial charge < -0.3 is 9.97 Å². The number of benzene rings is 4. The highest BCUT2D eigenvalue weighted by Crippen LogP contribution is 2.36. The Morgan fingerprint density at radius 2 is 0.788 bits per heavy atom. The summed E-state index contributed by atoms with van der Waals surface area (Å²) in [7, 11) is 0. The van der Waals surface area contributed by atoms with Crippen molar-refractivity contribution in [1.82, 2.24) is 9.97 Å². The largest absolute Gasteiger partial charge is 0.360 e. The van der Waals surface area contributed by atoms with E-state index in [4.69, 9.17) is 9.98 Å². The van der Waals surface area contributed by atoms with Crippen LogP contribution in [0, 0.1) is 14.3 Å². The quantitative estimate of drug-likeness (QED) is 0.165. The first kappa shape index (κ1) is 34.2. The van der Waals surface area contributed by atoms with Gasteiger partial charge >= 0.3 is 0 Å². The smallest absolute Gasteiger partial charge is 0.0738 e. The van der Waals surface area contributed by atoms with Crippen molar-refractivity contribution < 1.29 is 0 Å². The van der Waals surface area contributed by atoms with Gasteiger partial charge in [-0.25, -0.2) is 9.98 Å². The summed E-state index contributed by atoms with van der Waals surface area (Å²) in [6, 6.07) is 41.3. The lowest BCUT2D eigenvalue weighted by Crippen LogP contribution is -2.19. The average Bonchev–Trinajstić information content (AvgIpc) is 3.99. The number of nitrogens with one attached hydrogen (secondary N) is 2. The van der Waals surface area contributed by atoms with Crippen molar-refractivity contribution in [2.75, 3.05) is 0 Å². The molecule has 0 saturated heterocycles. The molecule has 52 heavy (non-hydrogen) atoms. The lowest BCUT2D eigenvalue weighted by molar-refractivity contribution is 1.24. The zero-order chi connectivity index (χ0) is 35.3. The number of allylic oxidation sites excluding steroid dienone is 5. The topological polar surface area (TPSA) is 56.3 Å². The summed E-state index contributed by atoms with van der Waals surface area (Å²) in [5.74, 6) is 0. The number of fused-ring (bicyclic) bond motifs is 6. The van der Waals surface area contributed by atoms with Crippen LogP contribution in [0.1, 0.15) is 33.5 Å². The number of aromatic nitrogens is 2. The standard InChI is InChI=1S/C44H26I4N4/c45-30-9-1-25(2-10-30)41-29-23-40(49-24-29)44(28-7-15-33(48)16-8-28)39-22-21-38(52-39)43(27-5-13-32(47)14-6-27)37-20-19-36(51-37)42(35-18-17-34(41)50-35)26-3-11-31(46)12-4-26/h1-24,49-50H. The molecule has 250 valence electrons. The summed E-state index contributed by atoms with van der Waals surface area (Å²) in [5.41, 5.74) is 14.2. The van der Waals surface area contributed by atoms with E-state index < -0.39 is 0 Å². The van der Waals surface area contributed by atoms with E-state index >= 15 is 0 Å². The van der Waals surface area contributed by atoms with Gasteiger partial charge in [-0.2, -0.15) is 0 Å². The van der Waals surface area contributed by atoms with Crippen LogP contribution >= 0.6 is 90.4 Å². The van der Waals surface area contributed by atoms with Gasteiger partial charge in [-0.15, -0.1) is 0 Å².